The van der Waals surface area contributed by atoms with E-state index in [0.717, 1.165) is 18.4 Å². The summed E-state index contributed by atoms with van der Waals surface area (Å²) in [5.41, 5.74) is 1.36. The van der Waals surface area contributed by atoms with Crippen molar-refractivity contribution in [1.82, 2.24) is 0 Å². The monoisotopic (exact) mass is 272 g/mol. The summed E-state index contributed by atoms with van der Waals surface area (Å²) in [4.78, 5) is 11.5. The molecule has 0 amide bonds. The number of hydrogen-bond donors (Lipinski definition) is 0. The Morgan fingerprint density at radius 2 is 1.50 bits per heavy atom. The van der Waals surface area contributed by atoms with Crippen LogP contribution in [0.1, 0.15) is 46.1 Å². The maximum atomic E-state index is 5.77. The molecular formula is C18H24O2. The molecule has 108 valence electrons. The lowest BCUT2D eigenvalue weighted by atomic mass is 9.93. The SMILES string of the molecule is CC(C)(OOC(C)(C)c1ccccc1)C1=CCCC=C1. The molecule has 0 radical (unpaired) electrons. The molecule has 0 unspecified atom stereocenters. The molecule has 0 aliphatic heterocycles. The van der Waals surface area contributed by atoms with Crippen molar-refractivity contribution in [1.29, 1.82) is 0 Å². The van der Waals surface area contributed by atoms with Gasteiger partial charge in [-0.25, -0.2) is 9.78 Å². The molecule has 1 aromatic rings. The minimum atomic E-state index is -0.475. The normalized spacial score (nSPS) is 16.1. The zero-order valence-corrected chi connectivity index (χ0v) is 12.8. The highest BCUT2D eigenvalue weighted by Gasteiger charge is 2.30. The fourth-order valence-electron chi connectivity index (χ4n) is 2.20. The van der Waals surface area contributed by atoms with E-state index >= 15 is 0 Å². The average Bonchev–Trinajstić information content (AvgIpc) is 2.47. The van der Waals surface area contributed by atoms with Crippen molar-refractivity contribution in [2.45, 2.75) is 51.7 Å². The second kappa shape index (κ2) is 5.94. The third-order valence-electron chi connectivity index (χ3n) is 3.62. The Kier molecular flexibility index (Phi) is 4.46. The van der Waals surface area contributed by atoms with Crippen LogP contribution in [0.25, 0.3) is 0 Å². The molecular weight excluding hydrogens is 248 g/mol. The molecule has 0 fully saturated rings. The standard InChI is InChI=1S/C18H24O2/c1-17(2,15-11-7-5-8-12-15)19-20-18(3,4)16-13-9-6-10-14-16/h5,7-9,11-14H,6,10H2,1-4H3. The Morgan fingerprint density at radius 1 is 0.850 bits per heavy atom. The minimum Gasteiger partial charge on any atom is -0.225 e. The molecule has 2 rings (SSSR count). The van der Waals surface area contributed by atoms with Crippen LogP contribution in [0.2, 0.25) is 0 Å². The summed E-state index contributed by atoms with van der Waals surface area (Å²) in [6.07, 6.45) is 8.71. The van der Waals surface area contributed by atoms with Gasteiger partial charge in [0.25, 0.3) is 0 Å². The zero-order valence-electron chi connectivity index (χ0n) is 12.8. The largest absolute Gasteiger partial charge is 0.225 e. The smallest absolute Gasteiger partial charge is 0.123 e. The van der Waals surface area contributed by atoms with Crippen molar-refractivity contribution in [3.63, 3.8) is 0 Å². The first-order chi connectivity index (χ1) is 9.42. The lowest BCUT2D eigenvalue weighted by molar-refractivity contribution is -0.396. The maximum Gasteiger partial charge on any atom is 0.123 e. The second-order valence-electron chi connectivity index (χ2n) is 6.19. The highest BCUT2D eigenvalue weighted by molar-refractivity contribution is 5.29. The van der Waals surface area contributed by atoms with Gasteiger partial charge in [0.15, 0.2) is 0 Å². The molecule has 0 N–H and O–H groups in total. The second-order valence-corrected chi connectivity index (χ2v) is 6.19. The summed E-state index contributed by atoms with van der Waals surface area (Å²) in [6, 6.07) is 10.1. The van der Waals surface area contributed by atoms with E-state index in [1.54, 1.807) is 0 Å². The van der Waals surface area contributed by atoms with Crippen LogP contribution in [0.15, 0.2) is 54.1 Å². The number of allylic oxidation sites excluding steroid dienone is 2. The Hall–Kier alpha value is -1.38. The first-order valence-electron chi connectivity index (χ1n) is 7.21. The van der Waals surface area contributed by atoms with Gasteiger partial charge in [0.2, 0.25) is 0 Å². The molecule has 0 bridgehead atoms. The lowest BCUT2D eigenvalue weighted by Crippen LogP contribution is -2.32. The number of benzene rings is 1. The van der Waals surface area contributed by atoms with Crippen molar-refractivity contribution in [3.05, 3.63) is 59.7 Å². The maximum absolute atomic E-state index is 5.77. The quantitative estimate of drug-likeness (QED) is 0.559. The minimum absolute atomic E-state index is 0.441. The van der Waals surface area contributed by atoms with Gasteiger partial charge in [0.1, 0.15) is 11.2 Å². The van der Waals surface area contributed by atoms with Gasteiger partial charge in [-0.3, -0.25) is 0 Å². The summed E-state index contributed by atoms with van der Waals surface area (Å²) < 4.78 is 0. The molecule has 1 aliphatic rings. The molecule has 1 aliphatic carbocycles. The van der Waals surface area contributed by atoms with E-state index in [0.29, 0.717) is 0 Å². The Balaban J connectivity index is 2.04. The van der Waals surface area contributed by atoms with Gasteiger partial charge < -0.3 is 0 Å². The van der Waals surface area contributed by atoms with Crippen molar-refractivity contribution in [2.24, 2.45) is 0 Å². The topological polar surface area (TPSA) is 18.5 Å². The number of rotatable bonds is 5. The molecule has 20 heavy (non-hydrogen) atoms. The van der Waals surface area contributed by atoms with Gasteiger partial charge in [-0.05, 0) is 51.7 Å². The van der Waals surface area contributed by atoms with Crippen LogP contribution >= 0.6 is 0 Å². The predicted octanol–water partition coefficient (Wildman–Crippen LogP) is 4.92. The molecule has 0 spiro atoms. The molecule has 0 atom stereocenters. The van der Waals surface area contributed by atoms with Crippen LogP contribution in [-0.2, 0) is 15.4 Å². The van der Waals surface area contributed by atoms with Crippen molar-refractivity contribution in [3.8, 4) is 0 Å². The molecule has 2 nitrogen and oxygen atoms in total. The predicted molar refractivity (Wildman–Crippen MR) is 82.2 cm³/mol. The molecule has 0 heterocycles. The van der Waals surface area contributed by atoms with Gasteiger partial charge in [0, 0.05) is 0 Å². The number of hydrogen-bond acceptors (Lipinski definition) is 2. The highest BCUT2D eigenvalue weighted by Crippen LogP contribution is 2.31. The first kappa shape index (κ1) is 15.0. The molecule has 2 heteroatoms. The summed E-state index contributed by atoms with van der Waals surface area (Å²) in [5, 5.41) is 0. The van der Waals surface area contributed by atoms with Crippen LogP contribution in [-0.4, -0.2) is 5.60 Å². The van der Waals surface area contributed by atoms with Gasteiger partial charge in [0.05, 0.1) is 0 Å². The van der Waals surface area contributed by atoms with Gasteiger partial charge >= 0.3 is 0 Å². The third kappa shape index (κ3) is 3.59. The van der Waals surface area contributed by atoms with Crippen molar-refractivity contribution < 1.29 is 9.78 Å². The summed E-state index contributed by atoms with van der Waals surface area (Å²) in [5.74, 6) is 0. The van der Waals surface area contributed by atoms with Gasteiger partial charge in [-0.2, -0.15) is 0 Å². The van der Waals surface area contributed by atoms with E-state index < -0.39 is 11.2 Å². The highest BCUT2D eigenvalue weighted by atomic mass is 17.2. The van der Waals surface area contributed by atoms with E-state index in [9.17, 15) is 0 Å². The summed E-state index contributed by atoms with van der Waals surface area (Å²) >= 11 is 0. The van der Waals surface area contributed by atoms with E-state index in [4.69, 9.17) is 9.78 Å². The van der Waals surface area contributed by atoms with Crippen molar-refractivity contribution in [2.75, 3.05) is 0 Å². The summed E-state index contributed by atoms with van der Waals surface area (Å²) in [6.45, 7) is 8.11. The van der Waals surface area contributed by atoms with E-state index in [2.05, 4.69) is 30.4 Å². The van der Waals surface area contributed by atoms with E-state index in [-0.39, 0.29) is 0 Å². The lowest BCUT2D eigenvalue weighted by Gasteiger charge is -2.32. The van der Waals surface area contributed by atoms with E-state index in [1.165, 1.54) is 5.57 Å². The van der Waals surface area contributed by atoms with Crippen LogP contribution in [0, 0.1) is 0 Å². The van der Waals surface area contributed by atoms with Gasteiger partial charge in [-0.15, -0.1) is 0 Å². The molecule has 0 saturated heterocycles. The average molecular weight is 272 g/mol. The molecule has 0 aromatic heterocycles. The van der Waals surface area contributed by atoms with Gasteiger partial charge in [-0.1, -0.05) is 48.6 Å². The molecule has 0 saturated carbocycles. The molecule has 1 aromatic carbocycles. The Bertz CT molecular complexity index is 495. The van der Waals surface area contributed by atoms with E-state index in [1.807, 2.05) is 45.9 Å². The van der Waals surface area contributed by atoms with Crippen LogP contribution in [0.3, 0.4) is 0 Å². The Morgan fingerprint density at radius 3 is 2.10 bits per heavy atom. The van der Waals surface area contributed by atoms with Crippen LogP contribution < -0.4 is 0 Å². The fraction of sp³-hybridized carbons (Fsp3) is 0.444. The Labute approximate surface area is 122 Å². The summed E-state index contributed by atoms with van der Waals surface area (Å²) in [7, 11) is 0. The third-order valence-corrected chi connectivity index (χ3v) is 3.62. The fourth-order valence-corrected chi connectivity index (χ4v) is 2.20. The van der Waals surface area contributed by atoms with Crippen LogP contribution in [0.5, 0.6) is 0 Å². The van der Waals surface area contributed by atoms with Crippen LogP contribution in [0.4, 0.5) is 0 Å². The zero-order chi connectivity index (χ0) is 14.6. The first-order valence-corrected chi connectivity index (χ1v) is 7.21. The van der Waals surface area contributed by atoms with Crippen molar-refractivity contribution >= 4 is 0 Å².